The van der Waals surface area contributed by atoms with E-state index in [1.807, 2.05) is 20.0 Å². The Kier molecular flexibility index (Phi) is 5.65. The van der Waals surface area contributed by atoms with Crippen LogP contribution in [0, 0.1) is 12.8 Å². The van der Waals surface area contributed by atoms with Crippen molar-refractivity contribution in [2.45, 2.75) is 46.1 Å². The van der Waals surface area contributed by atoms with E-state index in [1.165, 1.54) is 0 Å². The Morgan fingerprint density at radius 3 is 2.68 bits per heavy atom. The summed E-state index contributed by atoms with van der Waals surface area (Å²) in [6.45, 7) is 8.06. The molecule has 0 aliphatic rings. The molecule has 1 atom stereocenters. The Balaban J connectivity index is 1.94. The van der Waals surface area contributed by atoms with E-state index in [4.69, 9.17) is 10.5 Å². The lowest BCUT2D eigenvalue weighted by Crippen LogP contribution is -2.43. The maximum Gasteiger partial charge on any atom is 0.284 e. The number of halogens is 2. The Morgan fingerprint density at radius 2 is 2.00 bits per heavy atom. The molecule has 0 aromatic carbocycles. The van der Waals surface area contributed by atoms with Crippen molar-refractivity contribution in [3.05, 3.63) is 41.9 Å². The van der Waals surface area contributed by atoms with Crippen LogP contribution in [0.15, 0.2) is 30.6 Å². The van der Waals surface area contributed by atoms with Gasteiger partial charge in [0.15, 0.2) is 0 Å². The molecule has 0 aliphatic heterocycles. The van der Waals surface area contributed by atoms with Gasteiger partial charge in [0.2, 0.25) is 0 Å². The molecule has 3 aromatic rings. The molecular formula is C21H26F2N4O. The number of pyridine rings is 2. The predicted octanol–water partition coefficient (Wildman–Crippen LogP) is 5.01. The number of nitrogens with zero attached hydrogens (tertiary/aromatic N) is 2. The van der Waals surface area contributed by atoms with Gasteiger partial charge in [-0.15, -0.1) is 0 Å². The fourth-order valence-corrected chi connectivity index (χ4v) is 3.56. The van der Waals surface area contributed by atoms with Crippen LogP contribution < -0.4 is 10.5 Å². The molecular weight excluding hydrogens is 362 g/mol. The van der Waals surface area contributed by atoms with Gasteiger partial charge in [0, 0.05) is 28.9 Å². The summed E-state index contributed by atoms with van der Waals surface area (Å²) in [6.07, 6.45) is 1.44. The molecule has 0 spiro atoms. The zero-order chi connectivity index (χ0) is 20.5. The van der Waals surface area contributed by atoms with E-state index in [2.05, 4.69) is 28.8 Å². The third-order valence-corrected chi connectivity index (χ3v) is 4.57. The molecule has 28 heavy (non-hydrogen) atoms. The predicted molar refractivity (Wildman–Crippen MR) is 107 cm³/mol. The second-order valence-corrected chi connectivity index (χ2v) is 7.98. The largest absolute Gasteiger partial charge is 0.490 e. The van der Waals surface area contributed by atoms with E-state index in [0.717, 1.165) is 22.9 Å². The summed E-state index contributed by atoms with van der Waals surface area (Å²) in [4.78, 5) is 11.6. The first-order valence-electron chi connectivity index (χ1n) is 9.32. The van der Waals surface area contributed by atoms with Gasteiger partial charge in [0.25, 0.3) is 6.43 Å². The molecule has 0 radical (unpaired) electrons. The van der Waals surface area contributed by atoms with Crippen LogP contribution >= 0.6 is 0 Å². The highest BCUT2D eigenvalue weighted by atomic mass is 19.3. The Hall–Kier alpha value is -2.54. The van der Waals surface area contributed by atoms with Crippen LogP contribution in [0.2, 0.25) is 0 Å². The molecule has 0 fully saturated rings. The lowest BCUT2D eigenvalue weighted by atomic mass is 9.93. The van der Waals surface area contributed by atoms with E-state index in [0.29, 0.717) is 17.3 Å². The quantitative estimate of drug-likeness (QED) is 0.596. The van der Waals surface area contributed by atoms with Gasteiger partial charge in [0.1, 0.15) is 23.7 Å². The SMILES string of the molecule is Cc1c[nH]c2nccc(-c3ccc(OC[C@@](C)(N)CC(C)C)c(C(F)F)n3)c12. The fraction of sp³-hybridized carbons (Fsp3) is 0.429. The molecule has 0 bridgehead atoms. The highest BCUT2D eigenvalue weighted by Gasteiger charge is 2.24. The number of rotatable bonds is 7. The molecule has 0 unspecified atom stereocenters. The lowest BCUT2D eigenvalue weighted by molar-refractivity contribution is 0.134. The molecule has 0 saturated carbocycles. The third-order valence-electron chi connectivity index (χ3n) is 4.57. The second kappa shape index (κ2) is 7.83. The molecule has 3 aromatic heterocycles. The highest BCUT2D eigenvalue weighted by Crippen LogP contribution is 2.34. The van der Waals surface area contributed by atoms with Crippen LogP contribution in [-0.2, 0) is 0 Å². The summed E-state index contributed by atoms with van der Waals surface area (Å²) < 4.78 is 33.1. The number of alkyl halides is 2. The molecule has 3 N–H and O–H groups in total. The third kappa shape index (κ3) is 4.30. The molecule has 0 aliphatic carbocycles. The number of H-pyrrole nitrogens is 1. The van der Waals surface area contributed by atoms with Crippen molar-refractivity contribution in [1.29, 1.82) is 0 Å². The number of hydrogen-bond donors (Lipinski definition) is 2. The standard InChI is InChI=1S/C21H26F2N4O/c1-12(2)9-21(4,24)11-28-16-6-5-15(27-18(16)19(22)23)14-7-8-25-20-17(14)13(3)10-26-20/h5-8,10,12,19H,9,11,24H2,1-4H3,(H,25,26)/t21-/m0/s1. The minimum atomic E-state index is -2.76. The van der Waals surface area contributed by atoms with Crippen molar-refractivity contribution in [3.63, 3.8) is 0 Å². The van der Waals surface area contributed by atoms with E-state index in [-0.39, 0.29) is 18.1 Å². The van der Waals surface area contributed by atoms with Gasteiger partial charge < -0.3 is 15.5 Å². The first kappa shape index (κ1) is 20.2. The van der Waals surface area contributed by atoms with Crippen LogP contribution in [-0.4, -0.2) is 27.1 Å². The second-order valence-electron chi connectivity index (χ2n) is 7.98. The van der Waals surface area contributed by atoms with Crippen LogP contribution in [0.5, 0.6) is 5.75 Å². The zero-order valence-electron chi connectivity index (χ0n) is 16.6. The van der Waals surface area contributed by atoms with Crippen molar-refractivity contribution in [1.82, 2.24) is 15.0 Å². The Labute approximate surface area is 163 Å². The minimum Gasteiger partial charge on any atom is -0.490 e. The summed E-state index contributed by atoms with van der Waals surface area (Å²) in [7, 11) is 0. The molecule has 0 amide bonds. The Bertz CT molecular complexity index is 966. The van der Waals surface area contributed by atoms with Gasteiger partial charge in [-0.3, -0.25) is 0 Å². The number of nitrogens with one attached hydrogen (secondary N) is 1. The van der Waals surface area contributed by atoms with Gasteiger partial charge in [0.05, 0.1) is 5.69 Å². The fourth-order valence-electron chi connectivity index (χ4n) is 3.56. The number of fused-ring (bicyclic) bond motifs is 1. The molecule has 0 saturated heterocycles. The number of aryl methyl sites for hydroxylation is 1. The first-order chi connectivity index (χ1) is 13.2. The van der Waals surface area contributed by atoms with E-state index in [9.17, 15) is 8.78 Å². The van der Waals surface area contributed by atoms with Gasteiger partial charge in [-0.05, 0) is 49.9 Å². The first-order valence-corrected chi connectivity index (χ1v) is 9.32. The monoisotopic (exact) mass is 388 g/mol. The van der Waals surface area contributed by atoms with Crippen LogP contribution in [0.1, 0.15) is 44.9 Å². The highest BCUT2D eigenvalue weighted by molar-refractivity contribution is 5.94. The maximum absolute atomic E-state index is 13.7. The minimum absolute atomic E-state index is 0.0651. The van der Waals surface area contributed by atoms with Crippen molar-refractivity contribution in [2.24, 2.45) is 11.7 Å². The molecule has 3 heterocycles. The molecule has 5 nitrogen and oxygen atoms in total. The maximum atomic E-state index is 13.7. The normalized spacial score (nSPS) is 14.0. The average Bonchev–Trinajstić information content (AvgIpc) is 3.00. The summed E-state index contributed by atoms with van der Waals surface area (Å²) in [5, 5.41) is 0.871. The average molecular weight is 388 g/mol. The molecule has 7 heteroatoms. The van der Waals surface area contributed by atoms with Crippen LogP contribution in [0.3, 0.4) is 0 Å². The van der Waals surface area contributed by atoms with Gasteiger partial charge in [-0.1, -0.05) is 13.8 Å². The van der Waals surface area contributed by atoms with Crippen molar-refractivity contribution < 1.29 is 13.5 Å². The zero-order valence-corrected chi connectivity index (χ0v) is 16.6. The van der Waals surface area contributed by atoms with Gasteiger partial charge in [-0.25, -0.2) is 18.7 Å². The summed E-state index contributed by atoms with van der Waals surface area (Å²) in [6, 6.07) is 5.02. The summed E-state index contributed by atoms with van der Waals surface area (Å²) in [5.41, 5.74) is 8.13. The summed E-state index contributed by atoms with van der Waals surface area (Å²) >= 11 is 0. The summed E-state index contributed by atoms with van der Waals surface area (Å²) in [5.74, 6) is 0.447. The van der Waals surface area contributed by atoms with Crippen molar-refractivity contribution in [2.75, 3.05) is 6.61 Å². The smallest absolute Gasteiger partial charge is 0.284 e. The van der Waals surface area contributed by atoms with Gasteiger partial charge >= 0.3 is 0 Å². The van der Waals surface area contributed by atoms with E-state index >= 15 is 0 Å². The van der Waals surface area contributed by atoms with E-state index in [1.54, 1.807) is 24.4 Å². The number of nitrogens with two attached hydrogens (primary N) is 1. The van der Waals surface area contributed by atoms with Crippen LogP contribution in [0.25, 0.3) is 22.3 Å². The Morgan fingerprint density at radius 1 is 1.25 bits per heavy atom. The molecule has 150 valence electrons. The number of aromatic nitrogens is 3. The van der Waals surface area contributed by atoms with Crippen molar-refractivity contribution in [3.8, 4) is 17.0 Å². The molecule has 3 rings (SSSR count). The van der Waals surface area contributed by atoms with Gasteiger partial charge in [-0.2, -0.15) is 0 Å². The van der Waals surface area contributed by atoms with E-state index < -0.39 is 12.0 Å². The van der Waals surface area contributed by atoms with Crippen LogP contribution in [0.4, 0.5) is 8.78 Å². The lowest BCUT2D eigenvalue weighted by Gasteiger charge is -2.27. The number of aromatic amines is 1. The topological polar surface area (TPSA) is 76.8 Å². The number of ether oxygens (including phenoxy) is 1. The van der Waals surface area contributed by atoms with Crippen molar-refractivity contribution >= 4 is 11.0 Å². The number of hydrogen-bond acceptors (Lipinski definition) is 4.